The van der Waals surface area contributed by atoms with Crippen molar-refractivity contribution >= 4 is 23.3 Å². The summed E-state index contributed by atoms with van der Waals surface area (Å²) in [6, 6.07) is 3.07. The van der Waals surface area contributed by atoms with Crippen molar-refractivity contribution in [3.05, 3.63) is 46.3 Å². The molecule has 0 spiro atoms. The number of carbonyl (C=O) groups excluding carboxylic acids is 1. The molecule has 0 bridgehead atoms. The van der Waals surface area contributed by atoms with Gasteiger partial charge in [0.05, 0.1) is 24.8 Å². The number of fused-ring (bicyclic) bond motifs is 1. The van der Waals surface area contributed by atoms with Crippen molar-refractivity contribution in [3.8, 4) is 0 Å². The summed E-state index contributed by atoms with van der Waals surface area (Å²) >= 11 is 6.15. The predicted octanol–water partition coefficient (Wildman–Crippen LogP) is 2.77. The van der Waals surface area contributed by atoms with Crippen LogP contribution in [0.15, 0.2) is 18.5 Å². The topological polar surface area (TPSA) is 70.1 Å². The fourth-order valence-electron chi connectivity index (χ4n) is 2.93. The number of halogens is 2. The molecule has 0 amide bonds. The summed E-state index contributed by atoms with van der Waals surface area (Å²) < 4.78 is 20.9. The summed E-state index contributed by atoms with van der Waals surface area (Å²) in [7, 11) is 1.32. The SMILES string of the molecule is COC(=O)c1ncn2c1CCC(c1c(Cl)ccc(N)c1F)C2. The second kappa shape index (κ2) is 5.61. The third-order valence-electron chi connectivity index (χ3n) is 4.04. The van der Waals surface area contributed by atoms with E-state index in [0.29, 0.717) is 35.7 Å². The largest absolute Gasteiger partial charge is 0.464 e. The van der Waals surface area contributed by atoms with Gasteiger partial charge in [0.25, 0.3) is 0 Å². The highest BCUT2D eigenvalue weighted by molar-refractivity contribution is 6.31. The minimum absolute atomic E-state index is 0.0890. The molecule has 2 heterocycles. The normalized spacial score (nSPS) is 17.1. The molecule has 1 unspecified atom stereocenters. The van der Waals surface area contributed by atoms with Crippen LogP contribution in [0.2, 0.25) is 5.02 Å². The van der Waals surface area contributed by atoms with E-state index in [4.69, 9.17) is 22.1 Å². The number of carbonyl (C=O) groups is 1. The van der Waals surface area contributed by atoms with E-state index in [0.717, 1.165) is 5.69 Å². The number of imidazole rings is 1. The number of methoxy groups -OCH3 is 1. The lowest BCUT2D eigenvalue weighted by atomic mass is 9.89. The molecule has 2 aromatic rings. The summed E-state index contributed by atoms with van der Waals surface area (Å²) in [5.41, 5.74) is 7.29. The minimum atomic E-state index is -0.464. The van der Waals surface area contributed by atoms with Gasteiger partial charge in [0.2, 0.25) is 0 Å². The fraction of sp³-hybridized carbons (Fsp3) is 0.333. The smallest absolute Gasteiger partial charge is 0.358 e. The maximum absolute atomic E-state index is 14.3. The molecule has 3 rings (SSSR count). The molecule has 7 heteroatoms. The van der Waals surface area contributed by atoms with Crippen molar-refractivity contribution in [2.24, 2.45) is 0 Å². The standard InChI is InChI=1S/C15H15ClFN3O2/c1-22-15(21)14-11-5-2-8(6-20(11)7-19-14)12-9(16)3-4-10(18)13(12)17/h3-4,7-8H,2,5-6,18H2,1H3. The van der Waals surface area contributed by atoms with Gasteiger partial charge in [-0.3, -0.25) is 0 Å². The Labute approximate surface area is 131 Å². The van der Waals surface area contributed by atoms with E-state index in [9.17, 15) is 9.18 Å². The van der Waals surface area contributed by atoms with E-state index in [1.54, 1.807) is 12.4 Å². The van der Waals surface area contributed by atoms with Crippen molar-refractivity contribution in [1.82, 2.24) is 9.55 Å². The second-order valence-electron chi connectivity index (χ2n) is 5.28. The zero-order valence-electron chi connectivity index (χ0n) is 12.0. The lowest BCUT2D eigenvalue weighted by molar-refractivity contribution is 0.0592. The summed E-state index contributed by atoms with van der Waals surface area (Å²) in [4.78, 5) is 15.8. The Balaban J connectivity index is 1.95. The number of aromatic nitrogens is 2. The van der Waals surface area contributed by atoms with Gasteiger partial charge >= 0.3 is 5.97 Å². The number of ether oxygens (including phenoxy) is 1. The van der Waals surface area contributed by atoms with E-state index < -0.39 is 11.8 Å². The number of hydrogen-bond donors (Lipinski definition) is 1. The van der Waals surface area contributed by atoms with Crippen molar-refractivity contribution in [3.63, 3.8) is 0 Å². The molecule has 1 aliphatic rings. The number of nitrogens with zero attached hydrogens (tertiary/aromatic N) is 2. The molecule has 0 saturated heterocycles. The maximum Gasteiger partial charge on any atom is 0.358 e. The molecule has 22 heavy (non-hydrogen) atoms. The molecule has 116 valence electrons. The summed E-state index contributed by atoms with van der Waals surface area (Å²) in [6.45, 7) is 0.499. The molecule has 1 aromatic heterocycles. The Hall–Kier alpha value is -2.08. The van der Waals surface area contributed by atoms with Gasteiger partial charge in [0.15, 0.2) is 11.5 Å². The van der Waals surface area contributed by atoms with Gasteiger partial charge in [-0.05, 0) is 25.0 Å². The molecular formula is C15H15ClFN3O2. The molecule has 0 aliphatic carbocycles. The third kappa shape index (κ3) is 2.33. The molecule has 0 fully saturated rings. The Bertz CT molecular complexity index is 745. The van der Waals surface area contributed by atoms with Gasteiger partial charge < -0.3 is 15.0 Å². The second-order valence-corrected chi connectivity index (χ2v) is 5.69. The van der Waals surface area contributed by atoms with Crippen molar-refractivity contribution < 1.29 is 13.9 Å². The zero-order valence-corrected chi connectivity index (χ0v) is 12.7. The molecule has 5 nitrogen and oxygen atoms in total. The van der Waals surface area contributed by atoms with Crippen LogP contribution in [0, 0.1) is 5.82 Å². The van der Waals surface area contributed by atoms with Gasteiger partial charge in [0, 0.05) is 23.0 Å². The Morgan fingerprint density at radius 3 is 3.05 bits per heavy atom. The molecule has 1 aliphatic heterocycles. The van der Waals surface area contributed by atoms with Crippen LogP contribution in [-0.2, 0) is 17.7 Å². The minimum Gasteiger partial charge on any atom is -0.464 e. The fourth-order valence-corrected chi connectivity index (χ4v) is 3.23. The summed E-state index contributed by atoms with van der Waals surface area (Å²) in [5, 5.41) is 0.369. The molecule has 1 atom stereocenters. The number of benzene rings is 1. The van der Waals surface area contributed by atoms with E-state index in [2.05, 4.69) is 4.98 Å². The van der Waals surface area contributed by atoms with Crippen LogP contribution in [0.1, 0.15) is 34.1 Å². The van der Waals surface area contributed by atoms with Crippen LogP contribution >= 0.6 is 11.6 Å². The first-order chi connectivity index (χ1) is 10.5. The van der Waals surface area contributed by atoms with Gasteiger partial charge in [-0.15, -0.1) is 0 Å². The van der Waals surface area contributed by atoms with Crippen molar-refractivity contribution in [2.75, 3.05) is 12.8 Å². The number of rotatable bonds is 2. The molecule has 0 radical (unpaired) electrons. The number of esters is 1. The van der Waals surface area contributed by atoms with E-state index in [1.807, 2.05) is 4.57 Å². The Morgan fingerprint density at radius 1 is 1.55 bits per heavy atom. The van der Waals surface area contributed by atoms with Crippen LogP contribution in [0.4, 0.5) is 10.1 Å². The van der Waals surface area contributed by atoms with Gasteiger partial charge in [-0.25, -0.2) is 14.2 Å². The van der Waals surface area contributed by atoms with E-state index in [1.165, 1.54) is 13.2 Å². The highest BCUT2D eigenvalue weighted by Crippen LogP contribution is 2.37. The first-order valence-electron chi connectivity index (χ1n) is 6.88. The Morgan fingerprint density at radius 2 is 2.32 bits per heavy atom. The quantitative estimate of drug-likeness (QED) is 0.681. The van der Waals surface area contributed by atoms with Gasteiger partial charge in [0.1, 0.15) is 0 Å². The first kappa shape index (κ1) is 14.8. The van der Waals surface area contributed by atoms with Crippen LogP contribution in [0.3, 0.4) is 0 Å². The highest BCUT2D eigenvalue weighted by Gasteiger charge is 2.29. The lowest BCUT2D eigenvalue weighted by Gasteiger charge is -2.26. The summed E-state index contributed by atoms with van der Waals surface area (Å²) in [6.07, 6.45) is 2.83. The van der Waals surface area contributed by atoms with Crippen molar-refractivity contribution in [2.45, 2.75) is 25.3 Å². The molecule has 1 aromatic carbocycles. The molecule has 2 N–H and O–H groups in total. The zero-order chi connectivity index (χ0) is 15.9. The monoisotopic (exact) mass is 323 g/mol. The number of hydrogen-bond acceptors (Lipinski definition) is 4. The van der Waals surface area contributed by atoms with Crippen LogP contribution in [0.5, 0.6) is 0 Å². The predicted molar refractivity (Wildman–Crippen MR) is 80.5 cm³/mol. The van der Waals surface area contributed by atoms with E-state index >= 15 is 0 Å². The average molecular weight is 324 g/mol. The number of anilines is 1. The molecular weight excluding hydrogens is 309 g/mol. The van der Waals surface area contributed by atoms with Gasteiger partial charge in [-0.2, -0.15) is 0 Å². The highest BCUT2D eigenvalue weighted by atomic mass is 35.5. The van der Waals surface area contributed by atoms with E-state index in [-0.39, 0.29) is 11.6 Å². The average Bonchev–Trinajstić information content (AvgIpc) is 2.94. The van der Waals surface area contributed by atoms with Crippen LogP contribution in [-0.4, -0.2) is 22.6 Å². The van der Waals surface area contributed by atoms with Crippen molar-refractivity contribution in [1.29, 1.82) is 0 Å². The van der Waals surface area contributed by atoms with Crippen LogP contribution < -0.4 is 5.73 Å². The third-order valence-corrected chi connectivity index (χ3v) is 4.37. The summed E-state index contributed by atoms with van der Waals surface area (Å²) in [5.74, 6) is -1.03. The first-order valence-corrected chi connectivity index (χ1v) is 7.26. The number of nitrogen functional groups attached to an aromatic ring is 1. The molecule has 0 saturated carbocycles. The number of nitrogens with two attached hydrogens (primary N) is 1. The lowest BCUT2D eigenvalue weighted by Crippen LogP contribution is -2.21. The Kier molecular flexibility index (Phi) is 3.78. The maximum atomic E-state index is 14.3. The van der Waals surface area contributed by atoms with Gasteiger partial charge in [-0.1, -0.05) is 11.6 Å². The van der Waals surface area contributed by atoms with Crippen LogP contribution in [0.25, 0.3) is 0 Å².